The van der Waals surface area contributed by atoms with Gasteiger partial charge >= 0.3 is 0 Å². The number of pyridine rings is 1. The molecule has 0 unspecified atom stereocenters. The summed E-state index contributed by atoms with van der Waals surface area (Å²) in [5, 5.41) is 6.05. The minimum absolute atomic E-state index is 0.177. The van der Waals surface area contributed by atoms with E-state index in [0.717, 1.165) is 0 Å². The molecule has 2 aromatic carbocycles. The molecule has 0 aliphatic carbocycles. The monoisotopic (exact) mass is 415 g/mol. The van der Waals surface area contributed by atoms with Gasteiger partial charge in [0, 0.05) is 23.3 Å². The Morgan fingerprint density at radius 3 is 2.20 bits per heavy atom. The van der Waals surface area contributed by atoms with E-state index in [2.05, 4.69) is 107 Å². The van der Waals surface area contributed by atoms with E-state index in [-0.39, 0.29) is 5.04 Å². The molecule has 0 radical (unpaired) electrons. The SMILES string of the molecule is Cc1c2[n+]3c4c(cccc4c4cccc(C(C)C)c4c3n1C(C)C)C(C)(C)[Si]2(C)C. The molecule has 0 fully saturated rings. The van der Waals surface area contributed by atoms with Crippen molar-refractivity contribution in [1.82, 2.24) is 4.57 Å². The van der Waals surface area contributed by atoms with Gasteiger partial charge in [0.1, 0.15) is 24.6 Å². The zero-order valence-electron chi connectivity index (χ0n) is 20.0. The number of imidazole rings is 1. The summed E-state index contributed by atoms with van der Waals surface area (Å²) >= 11 is 0. The van der Waals surface area contributed by atoms with Crippen LogP contribution < -0.4 is 9.72 Å². The number of fused-ring (bicyclic) bond motifs is 3. The van der Waals surface area contributed by atoms with Gasteiger partial charge in [0.2, 0.25) is 0 Å². The van der Waals surface area contributed by atoms with Crippen LogP contribution in [0.4, 0.5) is 0 Å². The first-order valence-corrected chi connectivity index (χ1v) is 14.5. The third-order valence-electron chi connectivity index (χ3n) is 8.20. The molecule has 1 aliphatic rings. The second-order valence-electron chi connectivity index (χ2n) is 10.9. The van der Waals surface area contributed by atoms with Crippen molar-refractivity contribution in [2.75, 3.05) is 0 Å². The van der Waals surface area contributed by atoms with Crippen LogP contribution in [0.1, 0.15) is 70.3 Å². The highest BCUT2D eigenvalue weighted by molar-refractivity contribution is 6.91. The third-order valence-corrected chi connectivity index (χ3v) is 13.4. The third kappa shape index (κ3) is 2.12. The van der Waals surface area contributed by atoms with Crippen molar-refractivity contribution in [3.05, 3.63) is 53.2 Å². The smallest absolute Gasteiger partial charge is 0.225 e. The van der Waals surface area contributed by atoms with E-state index in [4.69, 9.17) is 0 Å². The first-order valence-electron chi connectivity index (χ1n) is 11.5. The topological polar surface area (TPSA) is 9.03 Å². The lowest BCUT2D eigenvalue weighted by atomic mass is 9.92. The van der Waals surface area contributed by atoms with Crippen molar-refractivity contribution in [2.45, 2.75) is 78.6 Å². The van der Waals surface area contributed by atoms with Crippen LogP contribution in [-0.2, 0) is 5.04 Å². The van der Waals surface area contributed by atoms with Gasteiger partial charge in [-0.25, -0.2) is 4.57 Å². The van der Waals surface area contributed by atoms with Gasteiger partial charge in [0.25, 0.3) is 5.65 Å². The molecule has 0 bridgehead atoms. The van der Waals surface area contributed by atoms with Gasteiger partial charge in [-0.05, 0) is 30.4 Å². The summed E-state index contributed by atoms with van der Waals surface area (Å²) in [5.41, 5.74) is 7.30. The summed E-state index contributed by atoms with van der Waals surface area (Å²) in [7, 11) is -1.80. The van der Waals surface area contributed by atoms with E-state index in [1.807, 2.05) is 0 Å². The number of aromatic nitrogens is 2. The Balaban J connectivity index is 2.25. The predicted octanol–water partition coefficient (Wildman–Crippen LogP) is 6.29. The predicted molar refractivity (Wildman–Crippen MR) is 132 cm³/mol. The van der Waals surface area contributed by atoms with Crippen LogP contribution in [0.5, 0.6) is 0 Å². The largest absolute Gasteiger partial charge is 0.295 e. The van der Waals surface area contributed by atoms with Gasteiger partial charge in [-0.2, -0.15) is 4.40 Å². The van der Waals surface area contributed by atoms with E-state index >= 15 is 0 Å². The molecule has 0 atom stereocenters. The van der Waals surface area contributed by atoms with Crippen molar-refractivity contribution in [3.8, 4) is 0 Å². The van der Waals surface area contributed by atoms with Gasteiger partial charge in [0.15, 0.2) is 0 Å². The number of hydrogen-bond donors (Lipinski definition) is 0. The standard InChI is InChI=1S/C27H35N2Si/c1-16(2)19-12-10-13-20-21-14-11-15-22-24(21)29-25(23(19)20)28(17(3)4)18(5)26(29)30(8,9)27(22,6)7/h10-17H,1-9H3/q+1. The molecule has 0 saturated carbocycles. The van der Waals surface area contributed by atoms with E-state index in [1.54, 1.807) is 5.32 Å². The van der Waals surface area contributed by atoms with Crippen molar-refractivity contribution in [3.63, 3.8) is 0 Å². The first kappa shape index (κ1) is 19.8. The quantitative estimate of drug-likeness (QED) is 0.207. The maximum atomic E-state index is 2.70. The fraction of sp³-hybridized carbons (Fsp3) is 0.444. The summed E-state index contributed by atoms with van der Waals surface area (Å²) < 4.78 is 5.33. The van der Waals surface area contributed by atoms with Crippen LogP contribution in [0.25, 0.3) is 27.3 Å². The van der Waals surface area contributed by atoms with Gasteiger partial charge in [-0.15, -0.1) is 0 Å². The zero-order valence-corrected chi connectivity index (χ0v) is 21.0. The number of benzene rings is 2. The highest BCUT2D eigenvalue weighted by Crippen LogP contribution is 2.43. The number of nitrogens with zero attached hydrogens (tertiary/aromatic N) is 2. The van der Waals surface area contributed by atoms with Gasteiger partial charge in [-0.1, -0.05) is 77.2 Å². The molecule has 2 nitrogen and oxygen atoms in total. The molecular formula is C27H35N2Si+. The summed E-state index contributed by atoms with van der Waals surface area (Å²) in [6.07, 6.45) is 0. The van der Waals surface area contributed by atoms with Crippen molar-refractivity contribution in [2.24, 2.45) is 0 Å². The van der Waals surface area contributed by atoms with Gasteiger partial charge in [0.05, 0.1) is 11.4 Å². The normalized spacial score (nSPS) is 17.3. The number of hydrogen-bond acceptors (Lipinski definition) is 0. The van der Waals surface area contributed by atoms with Crippen LogP contribution in [-0.4, -0.2) is 12.6 Å². The molecule has 2 aromatic heterocycles. The van der Waals surface area contributed by atoms with Crippen LogP contribution in [0.15, 0.2) is 36.4 Å². The molecule has 0 spiro atoms. The van der Waals surface area contributed by atoms with E-state index < -0.39 is 8.07 Å². The molecule has 156 valence electrons. The van der Waals surface area contributed by atoms with Gasteiger partial charge in [-0.3, -0.25) is 0 Å². The van der Waals surface area contributed by atoms with Crippen molar-refractivity contribution >= 4 is 40.7 Å². The molecule has 1 aliphatic heterocycles. The molecule has 4 aromatic rings. The fourth-order valence-corrected chi connectivity index (χ4v) is 9.39. The highest BCUT2D eigenvalue weighted by Gasteiger charge is 2.53. The number of rotatable bonds is 2. The molecule has 5 rings (SSSR count). The number of para-hydroxylation sites is 1. The van der Waals surface area contributed by atoms with Crippen LogP contribution in [0.3, 0.4) is 0 Å². The minimum Gasteiger partial charge on any atom is -0.225 e. The summed E-state index contributed by atoms with van der Waals surface area (Å²) in [6.45, 7) is 21.8. The molecule has 30 heavy (non-hydrogen) atoms. The van der Waals surface area contributed by atoms with Crippen molar-refractivity contribution < 1.29 is 4.40 Å². The lowest BCUT2D eigenvalue weighted by molar-refractivity contribution is -0.462. The molecular weight excluding hydrogens is 380 g/mol. The Labute approximate surface area is 181 Å². The maximum Gasteiger partial charge on any atom is 0.295 e. The average Bonchev–Trinajstić information content (AvgIpc) is 2.99. The van der Waals surface area contributed by atoms with Gasteiger partial charge < -0.3 is 0 Å². The molecule has 3 heteroatoms. The second-order valence-corrected chi connectivity index (χ2v) is 15.9. The maximum absolute atomic E-state index is 2.70. The lowest BCUT2D eigenvalue weighted by Gasteiger charge is -2.41. The second kappa shape index (κ2) is 5.97. The zero-order chi connectivity index (χ0) is 21.7. The first-order chi connectivity index (χ1) is 14.0. The molecule has 0 saturated heterocycles. The Kier molecular flexibility index (Phi) is 3.94. The molecule has 0 N–H and O–H groups in total. The minimum atomic E-state index is -1.80. The lowest BCUT2D eigenvalue weighted by Crippen LogP contribution is -2.68. The van der Waals surface area contributed by atoms with E-state index in [9.17, 15) is 0 Å². The average molecular weight is 416 g/mol. The van der Waals surface area contributed by atoms with Crippen molar-refractivity contribution in [1.29, 1.82) is 0 Å². The molecule has 0 amide bonds. The highest BCUT2D eigenvalue weighted by atomic mass is 28.3. The summed E-state index contributed by atoms with van der Waals surface area (Å²) in [4.78, 5) is 0. The van der Waals surface area contributed by atoms with Crippen LogP contribution in [0, 0.1) is 6.92 Å². The van der Waals surface area contributed by atoms with E-state index in [1.165, 1.54) is 44.1 Å². The Morgan fingerprint density at radius 1 is 0.933 bits per heavy atom. The van der Waals surface area contributed by atoms with Crippen LogP contribution >= 0.6 is 0 Å². The Bertz CT molecular complexity index is 1330. The van der Waals surface area contributed by atoms with E-state index in [0.29, 0.717) is 12.0 Å². The summed E-state index contributed by atoms with van der Waals surface area (Å²) in [5.74, 6) is 0.488. The Hall–Kier alpha value is -2.13. The molecule has 3 heterocycles. The van der Waals surface area contributed by atoms with Crippen LogP contribution in [0.2, 0.25) is 13.1 Å². The summed E-state index contributed by atoms with van der Waals surface area (Å²) in [6, 6.07) is 14.4. The fourth-order valence-electron chi connectivity index (χ4n) is 6.13. The Morgan fingerprint density at radius 2 is 1.57 bits per heavy atom.